The Morgan fingerprint density at radius 2 is 1.88 bits per heavy atom. The highest BCUT2D eigenvalue weighted by molar-refractivity contribution is 7.70. The number of aliphatic hydroxyl groups is 1. The maximum atomic E-state index is 12.7. The van der Waals surface area contributed by atoms with Crippen LogP contribution in [0.3, 0.4) is 0 Å². The van der Waals surface area contributed by atoms with Crippen LogP contribution in [0.5, 0.6) is 5.75 Å². The zero-order chi connectivity index (χ0) is 23.8. The summed E-state index contributed by atoms with van der Waals surface area (Å²) in [6, 6.07) is 13.1. The van der Waals surface area contributed by atoms with Crippen molar-refractivity contribution in [2.75, 3.05) is 49.1 Å². The Kier molecular flexibility index (Phi) is 6.27. The van der Waals surface area contributed by atoms with Gasteiger partial charge in [0.1, 0.15) is 17.9 Å². The maximum Gasteiger partial charge on any atom is 0.229 e. The molecule has 1 saturated heterocycles. The van der Waals surface area contributed by atoms with E-state index in [1.54, 1.807) is 20.4 Å². The number of β-amino-alcohol motifs (C(OH)–C–C–N with tert-alkyl or cyclic N) is 1. The first-order chi connectivity index (χ1) is 15.6. The third-order valence-electron chi connectivity index (χ3n) is 5.34. The van der Waals surface area contributed by atoms with Crippen LogP contribution in [0.15, 0.2) is 48.7 Å². The molecular formula is C23H27ClN5O3P. The van der Waals surface area contributed by atoms with E-state index >= 15 is 0 Å². The summed E-state index contributed by atoms with van der Waals surface area (Å²) in [5.41, 5.74) is 1.68. The number of nitrogens with one attached hydrogen (secondary N) is 2. The summed E-state index contributed by atoms with van der Waals surface area (Å²) >= 11 is 6.34. The van der Waals surface area contributed by atoms with E-state index < -0.39 is 12.7 Å². The van der Waals surface area contributed by atoms with Gasteiger partial charge in [-0.3, -0.25) is 0 Å². The first-order valence-corrected chi connectivity index (χ1v) is 13.4. The molecule has 174 valence electrons. The van der Waals surface area contributed by atoms with Gasteiger partial charge in [0.2, 0.25) is 5.95 Å². The summed E-state index contributed by atoms with van der Waals surface area (Å²) in [6.07, 6.45) is 1.50. The van der Waals surface area contributed by atoms with Crippen LogP contribution >= 0.6 is 18.7 Å². The molecule has 8 nitrogen and oxygen atoms in total. The number of methoxy groups -OCH3 is 1. The van der Waals surface area contributed by atoms with Crippen molar-refractivity contribution in [3.63, 3.8) is 0 Å². The van der Waals surface area contributed by atoms with E-state index in [9.17, 15) is 9.67 Å². The molecule has 1 aliphatic heterocycles. The lowest BCUT2D eigenvalue weighted by atomic mass is 9.96. The molecule has 33 heavy (non-hydrogen) atoms. The minimum absolute atomic E-state index is 0.327. The number of nitrogens with zero attached hydrogens (tertiary/aromatic N) is 3. The van der Waals surface area contributed by atoms with Crippen molar-refractivity contribution in [1.82, 2.24) is 9.97 Å². The highest BCUT2D eigenvalue weighted by Gasteiger charge is 2.36. The first kappa shape index (κ1) is 23.4. The van der Waals surface area contributed by atoms with Gasteiger partial charge in [0.05, 0.1) is 30.3 Å². The maximum absolute atomic E-state index is 12.7. The van der Waals surface area contributed by atoms with Crippen LogP contribution in [-0.4, -0.2) is 54.2 Å². The van der Waals surface area contributed by atoms with E-state index in [1.165, 1.54) is 6.20 Å². The molecule has 0 radical (unpaired) electrons. The zero-order valence-corrected chi connectivity index (χ0v) is 20.6. The predicted octanol–water partition coefficient (Wildman–Crippen LogP) is 4.44. The molecule has 3 N–H and O–H groups in total. The van der Waals surface area contributed by atoms with Crippen LogP contribution in [0, 0.1) is 0 Å². The van der Waals surface area contributed by atoms with E-state index in [1.807, 2.05) is 49.4 Å². The molecule has 0 unspecified atom stereocenters. The van der Waals surface area contributed by atoms with Gasteiger partial charge in [0.15, 0.2) is 5.82 Å². The van der Waals surface area contributed by atoms with E-state index in [0.717, 1.165) is 11.0 Å². The van der Waals surface area contributed by atoms with Gasteiger partial charge in [-0.15, -0.1) is 0 Å². The number of halogens is 1. The van der Waals surface area contributed by atoms with Crippen molar-refractivity contribution >= 4 is 52.9 Å². The lowest BCUT2D eigenvalue weighted by Gasteiger charge is -2.45. The van der Waals surface area contributed by atoms with Gasteiger partial charge in [-0.1, -0.05) is 23.7 Å². The summed E-state index contributed by atoms with van der Waals surface area (Å²) in [5, 5.41) is 17.4. The Bertz CT molecular complexity index is 1220. The summed E-state index contributed by atoms with van der Waals surface area (Å²) in [5.74, 6) is 1.34. The van der Waals surface area contributed by atoms with Crippen molar-refractivity contribution in [1.29, 1.82) is 0 Å². The van der Waals surface area contributed by atoms with Crippen molar-refractivity contribution in [2.45, 2.75) is 12.5 Å². The van der Waals surface area contributed by atoms with Gasteiger partial charge in [0.25, 0.3) is 0 Å². The Labute approximate surface area is 198 Å². The third-order valence-corrected chi connectivity index (χ3v) is 7.17. The molecule has 2 heterocycles. The molecule has 4 rings (SSSR count). The standard InChI is InChI=1S/C23H27ClN5O3P/c1-23(30)13-29(14-23)15-9-10-17(19(11-15)32-2)27-22-25-12-16(24)21(28-22)26-18-7-5-6-8-20(18)33(3,4)31/h5-12,30H,13-14H2,1-4H3,(H2,25,26,27,28). The average molecular weight is 488 g/mol. The van der Waals surface area contributed by atoms with Gasteiger partial charge in [-0.25, -0.2) is 4.98 Å². The number of ether oxygens (including phenoxy) is 1. The SMILES string of the molecule is COc1cc(N2CC(C)(O)C2)ccc1Nc1ncc(Cl)c(Nc2ccccc2P(C)(C)=O)n1. The highest BCUT2D eigenvalue weighted by Crippen LogP contribution is 2.39. The molecule has 3 aromatic rings. The Morgan fingerprint density at radius 3 is 2.55 bits per heavy atom. The van der Waals surface area contributed by atoms with Crippen molar-refractivity contribution in [2.24, 2.45) is 0 Å². The first-order valence-electron chi connectivity index (χ1n) is 10.4. The number of hydrogen-bond acceptors (Lipinski definition) is 8. The molecule has 2 aromatic carbocycles. The van der Waals surface area contributed by atoms with Gasteiger partial charge < -0.3 is 29.9 Å². The molecule has 0 spiro atoms. The fourth-order valence-corrected chi connectivity index (χ4v) is 5.04. The Morgan fingerprint density at radius 1 is 1.15 bits per heavy atom. The molecule has 0 amide bonds. The largest absolute Gasteiger partial charge is 0.494 e. The van der Waals surface area contributed by atoms with Crippen molar-refractivity contribution in [3.8, 4) is 5.75 Å². The third kappa shape index (κ3) is 5.24. The van der Waals surface area contributed by atoms with Crippen LogP contribution in [0.2, 0.25) is 5.02 Å². The molecule has 0 aliphatic carbocycles. The lowest BCUT2D eigenvalue weighted by Crippen LogP contribution is -2.60. The molecule has 1 fully saturated rings. The molecule has 0 atom stereocenters. The number of para-hydroxylation sites is 1. The minimum atomic E-state index is -2.50. The Hall–Kier alpha value is -2.80. The fraction of sp³-hybridized carbons (Fsp3) is 0.304. The number of hydrogen-bond donors (Lipinski definition) is 3. The van der Waals surface area contributed by atoms with Crippen LogP contribution < -0.4 is 25.6 Å². The second kappa shape index (κ2) is 8.86. The van der Waals surface area contributed by atoms with E-state index in [2.05, 4.69) is 25.5 Å². The zero-order valence-electron chi connectivity index (χ0n) is 19.0. The van der Waals surface area contributed by atoms with Gasteiger partial charge in [-0.05, 0) is 44.5 Å². The molecule has 0 bridgehead atoms. The molecular weight excluding hydrogens is 461 g/mol. The van der Waals surface area contributed by atoms with Gasteiger partial charge in [-0.2, -0.15) is 4.98 Å². The second-order valence-electron chi connectivity index (χ2n) is 8.75. The number of anilines is 5. The van der Waals surface area contributed by atoms with Crippen LogP contribution in [0.4, 0.5) is 28.8 Å². The predicted molar refractivity (Wildman–Crippen MR) is 135 cm³/mol. The van der Waals surface area contributed by atoms with Crippen LogP contribution in [0.1, 0.15) is 6.92 Å². The van der Waals surface area contributed by atoms with Crippen LogP contribution in [0.25, 0.3) is 0 Å². The average Bonchev–Trinajstić information content (AvgIpc) is 2.74. The van der Waals surface area contributed by atoms with E-state index in [0.29, 0.717) is 47.0 Å². The number of benzene rings is 2. The smallest absolute Gasteiger partial charge is 0.229 e. The normalized spacial score (nSPS) is 15.0. The minimum Gasteiger partial charge on any atom is -0.494 e. The topological polar surface area (TPSA) is 99.6 Å². The molecule has 0 saturated carbocycles. The number of rotatable bonds is 7. The van der Waals surface area contributed by atoms with E-state index in [-0.39, 0.29) is 0 Å². The molecule has 1 aliphatic rings. The quantitative estimate of drug-likeness (QED) is 0.420. The fourth-order valence-electron chi connectivity index (χ4n) is 3.75. The summed E-state index contributed by atoms with van der Waals surface area (Å²) < 4.78 is 18.2. The monoisotopic (exact) mass is 487 g/mol. The van der Waals surface area contributed by atoms with Gasteiger partial charge in [0, 0.05) is 30.1 Å². The summed E-state index contributed by atoms with van der Waals surface area (Å²) in [6.45, 7) is 6.40. The molecule has 1 aromatic heterocycles. The highest BCUT2D eigenvalue weighted by atomic mass is 35.5. The summed E-state index contributed by atoms with van der Waals surface area (Å²) in [7, 11) is -0.911. The Balaban J connectivity index is 1.57. The van der Waals surface area contributed by atoms with Crippen molar-refractivity contribution in [3.05, 3.63) is 53.7 Å². The van der Waals surface area contributed by atoms with Crippen molar-refractivity contribution < 1.29 is 14.4 Å². The second-order valence-corrected chi connectivity index (χ2v) is 12.3. The van der Waals surface area contributed by atoms with E-state index in [4.69, 9.17) is 16.3 Å². The number of aromatic nitrogens is 2. The molecule has 10 heteroatoms. The van der Waals surface area contributed by atoms with Gasteiger partial charge >= 0.3 is 0 Å². The van der Waals surface area contributed by atoms with Crippen LogP contribution in [-0.2, 0) is 4.57 Å². The lowest BCUT2D eigenvalue weighted by molar-refractivity contribution is 0.0310. The summed E-state index contributed by atoms with van der Waals surface area (Å²) in [4.78, 5) is 10.9.